The highest BCUT2D eigenvalue weighted by atomic mass is 16.1. The summed E-state index contributed by atoms with van der Waals surface area (Å²) in [6.45, 7) is 0.0343. The lowest BCUT2D eigenvalue weighted by Crippen LogP contribution is -2.25. The first-order valence-electron chi connectivity index (χ1n) is 3.70. The third-order valence-electron chi connectivity index (χ3n) is 1.34. The number of nitriles is 1. The molecule has 0 aliphatic carbocycles. The van der Waals surface area contributed by atoms with E-state index < -0.39 is 0 Å². The van der Waals surface area contributed by atoms with Gasteiger partial charge in [-0.2, -0.15) is 5.26 Å². The molecule has 0 aliphatic rings. The molecule has 1 amide bonds. The molecule has 0 atom stereocenters. The van der Waals surface area contributed by atoms with Crippen LogP contribution in [0.2, 0.25) is 0 Å². The Balaban J connectivity index is 2.42. The molecule has 5 nitrogen and oxygen atoms in total. The van der Waals surface area contributed by atoms with Crippen LogP contribution in [0.4, 0.5) is 0 Å². The van der Waals surface area contributed by atoms with Crippen molar-refractivity contribution in [2.45, 2.75) is 6.42 Å². The third kappa shape index (κ3) is 3.29. The summed E-state index contributed by atoms with van der Waals surface area (Å²) in [5.74, 6) is -0.198. The smallest absolute Gasteiger partial charge is 0.225 e. The molecule has 13 heavy (non-hydrogen) atoms. The monoisotopic (exact) mass is 176 g/mol. The van der Waals surface area contributed by atoms with Crippen LogP contribution in [0.25, 0.3) is 0 Å². The van der Waals surface area contributed by atoms with Crippen molar-refractivity contribution in [2.75, 3.05) is 6.54 Å². The van der Waals surface area contributed by atoms with E-state index in [1.165, 1.54) is 6.33 Å². The molecule has 1 rings (SSSR count). The molecule has 0 fully saturated rings. The Bertz CT molecular complexity index is 317. The van der Waals surface area contributed by atoms with Crippen molar-refractivity contribution in [1.82, 2.24) is 15.3 Å². The Kier molecular flexibility index (Phi) is 3.39. The maximum atomic E-state index is 11.1. The standard InChI is InChI=1S/C8H8N4O/c9-1-2-12-8(13)3-7-4-10-6-11-5-7/h4-6H,2-3H2,(H,12,13). The molecule has 0 spiro atoms. The van der Waals surface area contributed by atoms with Crippen LogP contribution < -0.4 is 5.32 Å². The van der Waals surface area contributed by atoms with Crippen molar-refractivity contribution in [3.63, 3.8) is 0 Å². The highest BCUT2D eigenvalue weighted by molar-refractivity contribution is 5.78. The largest absolute Gasteiger partial charge is 0.343 e. The number of rotatable bonds is 3. The Labute approximate surface area is 75.4 Å². The molecular weight excluding hydrogens is 168 g/mol. The van der Waals surface area contributed by atoms with Crippen molar-refractivity contribution < 1.29 is 4.79 Å². The predicted molar refractivity (Wildman–Crippen MR) is 44.4 cm³/mol. The lowest BCUT2D eigenvalue weighted by molar-refractivity contribution is -0.120. The number of aromatic nitrogens is 2. The van der Waals surface area contributed by atoms with E-state index in [1.54, 1.807) is 12.4 Å². The lowest BCUT2D eigenvalue weighted by atomic mass is 10.2. The van der Waals surface area contributed by atoms with Gasteiger partial charge >= 0.3 is 0 Å². The van der Waals surface area contributed by atoms with Gasteiger partial charge in [0, 0.05) is 12.4 Å². The number of nitrogens with zero attached hydrogens (tertiary/aromatic N) is 3. The fraction of sp³-hybridized carbons (Fsp3) is 0.250. The summed E-state index contributed by atoms with van der Waals surface area (Å²) in [4.78, 5) is 18.6. The molecular formula is C8H8N4O. The molecule has 0 saturated carbocycles. The number of amides is 1. The fourth-order valence-corrected chi connectivity index (χ4v) is 0.807. The average molecular weight is 176 g/mol. The van der Waals surface area contributed by atoms with Crippen LogP contribution in [0, 0.1) is 11.3 Å². The quantitative estimate of drug-likeness (QED) is 0.639. The summed E-state index contributed by atoms with van der Waals surface area (Å²) in [6.07, 6.45) is 4.75. The van der Waals surface area contributed by atoms with Gasteiger partial charge in [0.2, 0.25) is 5.91 Å². The van der Waals surface area contributed by atoms with E-state index in [2.05, 4.69) is 15.3 Å². The minimum absolute atomic E-state index is 0.0343. The van der Waals surface area contributed by atoms with E-state index in [-0.39, 0.29) is 18.9 Å². The maximum Gasteiger partial charge on any atom is 0.225 e. The molecule has 0 aliphatic heterocycles. The summed E-state index contributed by atoms with van der Waals surface area (Å²) < 4.78 is 0. The van der Waals surface area contributed by atoms with Gasteiger partial charge in [-0.25, -0.2) is 9.97 Å². The van der Waals surface area contributed by atoms with E-state index in [0.29, 0.717) is 0 Å². The molecule has 0 bridgehead atoms. The number of nitrogens with one attached hydrogen (secondary N) is 1. The second-order valence-electron chi connectivity index (χ2n) is 2.36. The molecule has 0 unspecified atom stereocenters. The number of hydrogen-bond donors (Lipinski definition) is 1. The first kappa shape index (κ1) is 9.13. The van der Waals surface area contributed by atoms with E-state index in [9.17, 15) is 4.79 Å². The Morgan fingerprint density at radius 2 is 2.23 bits per heavy atom. The van der Waals surface area contributed by atoms with Gasteiger partial charge in [-0.3, -0.25) is 4.79 Å². The Morgan fingerprint density at radius 3 is 2.85 bits per heavy atom. The zero-order valence-corrected chi connectivity index (χ0v) is 6.90. The van der Waals surface area contributed by atoms with E-state index >= 15 is 0 Å². The molecule has 66 valence electrons. The van der Waals surface area contributed by atoms with Gasteiger partial charge in [0.25, 0.3) is 0 Å². The SMILES string of the molecule is N#CCNC(=O)Cc1cncnc1. The van der Waals surface area contributed by atoms with E-state index in [0.717, 1.165) is 5.56 Å². The van der Waals surface area contributed by atoms with Crippen molar-refractivity contribution in [3.05, 3.63) is 24.3 Å². The van der Waals surface area contributed by atoms with Gasteiger partial charge < -0.3 is 5.32 Å². The molecule has 0 aromatic carbocycles. The fourth-order valence-electron chi connectivity index (χ4n) is 0.807. The minimum atomic E-state index is -0.198. The van der Waals surface area contributed by atoms with Gasteiger partial charge in [0.15, 0.2) is 0 Å². The summed E-state index contributed by atoms with van der Waals surface area (Å²) in [5, 5.41) is 10.6. The van der Waals surface area contributed by atoms with Gasteiger partial charge in [-0.15, -0.1) is 0 Å². The summed E-state index contributed by atoms with van der Waals surface area (Å²) in [5.41, 5.74) is 0.734. The lowest BCUT2D eigenvalue weighted by Gasteiger charge is -1.99. The number of hydrogen-bond acceptors (Lipinski definition) is 4. The minimum Gasteiger partial charge on any atom is -0.343 e. The summed E-state index contributed by atoms with van der Waals surface area (Å²) in [6, 6.07) is 1.82. The zero-order valence-electron chi connectivity index (χ0n) is 6.90. The first-order valence-corrected chi connectivity index (χ1v) is 3.70. The first-order chi connectivity index (χ1) is 6.33. The van der Waals surface area contributed by atoms with Crippen LogP contribution in [0.1, 0.15) is 5.56 Å². The molecule has 0 radical (unpaired) electrons. The number of carbonyl (C=O) groups is 1. The van der Waals surface area contributed by atoms with Crippen LogP contribution >= 0.6 is 0 Å². The van der Waals surface area contributed by atoms with Gasteiger partial charge in [0.05, 0.1) is 12.5 Å². The predicted octanol–water partition coefficient (Wildman–Crippen LogP) is -0.341. The van der Waals surface area contributed by atoms with Crippen molar-refractivity contribution in [1.29, 1.82) is 5.26 Å². The highest BCUT2D eigenvalue weighted by Crippen LogP contribution is 1.93. The highest BCUT2D eigenvalue weighted by Gasteiger charge is 2.01. The van der Waals surface area contributed by atoms with Gasteiger partial charge in [-0.05, 0) is 5.56 Å². The summed E-state index contributed by atoms with van der Waals surface area (Å²) in [7, 11) is 0. The number of carbonyl (C=O) groups excluding carboxylic acids is 1. The van der Waals surface area contributed by atoms with Crippen LogP contribution in [-0.2, 0) is 11.2 Å². The Morgan fingerprint density at radius 1 is 1.54 bits per heavy atom. The molecule has 1 N–H and O–H groups in total. The summed E-state index contributed by atoms with van der Waals surface area (Å²) >= 11 is 0. The molecule has 1 heterocycles. The second kappa shape index (κ2) is 4.83. The van der Waals surface area contributed by atoms with Crippen molar-refractivity contribution >= 4 is 5.91 Å². The normalized spacial score (nSPS) is 8.85. The van der Waals surface area contributed by atoms with Gasteiger partial charge in [0.1, 0.15) is 12.9 Å². The molecule has 1 aromatic heterocycles. The van der Waals surface area contributed by atoms with Crippen LogP contribution in [-0.4, -0.2) is 22.4 Å². The third-order valence-corrected chi connectivity index (χ3v) is 1.34. The van der Waals surface area contributed by atoms with Gasteiger partial charge in [-0.1, -0.05) is 0 Å². The maximum absolute atomic E-state index is 11.1. The van der Waals surface area contributed by atoms with Crippen LogP contribution in [0.3, 0.4) is 0 Å². The zero-order chi connectivity index (χ0) is 9.52. The molecule has 1 aromatic rings. The molecule has 5 heteroatoms. The Hall–Kier alpha value is -1.96. The average Bonchev–Trinajstić information content (AvgIpc) is 2.16. The van der Waals surface area contributed by atoms with Crippen molar-refractivity contribution in [2.24, 2.45) is 0 Å². The topological polar surface area (TPSA) is 78.7 Å². The van der Waals surface area contributed by atoms with Crippen LogP contribution in [0.15, 0.2) is 18.7 Å². The van der Waals surface area contributed by atoms with Crippen LogP contribution in [0.5, 0.6) is 0 Å². The van der Waals surface area contributed by atoms with Crippen molar-refractivity contribution in [3.8, 4) is 6.07 Å². The van der Waals surface area contributed by atoms with E-state index in [1.807, 2.05) is 6.07 Å². The molecule has 0 saturated heterocycles. The second-order valence-corrected chi connectivity index (χ2v) is 2.36. The van der Waals surface area contributed by atoms with E-state index in [4.69, 9.17) is 5.26 Å².